The molecule has 5 rings (SSSR count). The lowest BCUT2D eigenvalue weighted by Gasteiger charge is -2.31. The van der Waals surface area contributed by atoms with Crippen molar-refractivity contribution in [2.45, 2.75) is 123 Å². The molecule has 0 saturated carbocycles. The minimum atomic E-state index is -3.88. The van der Waals surface area contributed by atoms with Gasteiger partial charge in [0, 0.05) is 46.1 Å². The maximum atomic E-state index is 14.5. The number of carbonyl (C=O) groups excluding carboxylic acids is 6. The zero-order chi connectivity index (χ0) is 50.2. The second-order valence-electron chi connectivity index (χ2n) is 18.8. The van der Waals surface area contributed by atoms with Gasteiger partial charge in [0.15, 0.2) is 5.84 Å². The van der Waals surface area contributed by atoms with Crippen molar-refractivity contribution in [2.75, 3.05) is 17.9 Å². The van der Waals surface area contributed by atoms with E-state index in [0.717, 1.165) is 15.3 Å². The highest BCUT2D eigenvalue weighted by molar-refractivity contribution is 7.92. The van der Waals surface area contributed by atoms with E-state index in [1.807, 2.05) is 6.07 Å². The third-order valence-electron chi connectivity index (χ3n) is 9.52. The minimum Gasteiger partial charge on any atom is -0.466 e. The van der Waals surface area contributed by atoms with Gasteiger partial charge in [-0.25, -0.2) is 22.8 Å². The molecule has 5 amide bonds. The van der Waals surface area contributed by atoms with Crippen molar-refractivity contribution < 1.29 is 56.1 Å². The average molecular weight is 974 g/mol. The van der Waals surface area contributed by atoms with E-state index < -0.39 is 62.9 Å². The summed E-state index contributed by atoms with van der Waals surface area (Å²) in [4.78, 5) is 89.6. The number of thiophene rings is 1. The van der Waals surface area contributed by atoms with Crippen molar-refractivity contribution in [1.82, 2.24) is 15.1 Å². The van der Waals surface area contributed by atoms with E-state index in [1.54, 1.807) is 117 Å². The fraction of sp³-hybridized carbons (Fsp3) is 0.408. The molecule has 4 aromatic rings. The first-order valence-corrected chi connectivity index (χ1v) is 24.2. The lowest BCUT2D eigenvalue weighted by atomic mass is 10.0. The lowest BCUT2D eigenvalue weighted by molar-refractivity contribution is -0.142. The molecule has 68 heavy (non-hydrogen) atoms. The van der Waals surface area contributed by atoms with Crippen LogP contribution in [0.4, 0.5) is 20.1 Å². The highest BCUT2D eigenvalue weighted by atomic mass is 32.2. The summed E-state index contributed by atoms with van der Waals surface area (Å²) in [6.45, 7) is 17.0. The third kappa shape index (κ3) is 15.2. The van der Waals surface area contributed by atoms with Crippen LogP contribution in [0.2, 0.25) is 0 Å². The van der Waals surface area contributed by atoms with Crippen molar-refractivity contribution in [3.63, 3.8) is 0 Å². The number of hydrogen-bond donors (Lipinski definition) is 2. The molecule has 2 heterocycles. The Hall–Kier alpha value is -6.60. The molecule has 0 spiro atoms. The number of nitrogens with zero attached hydrogens (tertiary/aromatic N) is 3. The van der Waals surface area contributed by atoms with E-state index in [0.29, 0.717) is 23.4 Å². The minimum absolute atomic E-state index is 0.0168. The van der Waals surface area contributed by atoms with Crippen LogP contribution in [0, 0.1) is 0 Å². The van der Waals surface area contributed by atoms with Crippen LogP contribution in [0.15, 0.2) is 94.8 Å². The fourth-order valence-corrected chi connectivity index (χ4v) is 8.93. The van der Waals surface area contributed by atoms with Gasteiger partial charge in [-0.15, -0.1) is 11.3 Å². The van der Waals surface area contributed by atoms with Crippen LogP contribution in [0.3, 0.4) is 0 Å². The zero-order valence-corrected chi connectivity index (χ0v) is 41.6. The largest absolute Gasteiger partial charge is 0.466 e. The van der Waals surface area contributed by atoms with Gasteiger partial charge in [-0.2, -0.15) is 9.89 Å². The smallest absolute Gasteiger partial charge is 0.436 e. The summed E-state index contributed by atoms with van der Waals surface area (Å²) in [5, 5.41) is 2.88. The predicted octanol–water partition coefficient (Wildman–Crippen LogP) is 8.43. The standard InChI is InChI=1S/C49H59N5O12S2/c1-11-63-40(55)29-36-28-34-30-53(26-25-39(34)67-36)43(57)38(27-31-17-23-35(24-18-31)52-68(61,62)37-15-13-12-14-16-37)50-42(56)33-21-19-32(20-22-33)41(51-44(58)64-47(2,3)4)54(45(59)65-48(5,6)7)46(60)66-49(8,9)10/h12-24,28,38,52H,11,25-27,29-30H2,1-10H3,(H,50,56)/t38-/m0/s1. The van der Waals surface area contributed by atoms with Crippen LogP contribution in [0.25, 0.3) is 0 Å². The molecule has 0 fully saturated rings. The first-order valence-electron chi connectivity index (χ1n) is 21.9. The SMILES string of the molecule is CCOC(=O)Cc1cc2c(s1)CCN(C(=O)[C@H](Cc1ccc(NS(=O)(=O)c3ccccc3)cc1)NC(=O)c1ccc(C(=NC(=O)OC(C)(C)C)N(C(=O)OC(C)(C)C)C(=O)OC(C)(C)C)cc1)C2. The van der Waals surface area contributed by atoms with Gasteiger partial charge in [-0.1, -0.05) is 42.5 Å². The van der Waals surface area contributed by atoms with Gasteiger partial charge in [0.05, 0.1) is 17.9 Å². The number of hydrogen-bond acceptors (Lipinski definition) is 13. The zero-order valence-electron chi connectivity index (χ0n) is 40.0. The molecule has 0 saturated heterocycles. The topological polar surface area (TPSA) is 216 Å². The Morgan fingerprint density at radius 2 is 1.35 bits per heavy atom. The Morgan fingerprint density at radius 1 is 0.779 bits per heavy atom. The van der Waals surface area contributed by atoms with Crippen molar-refractivity contribution in [3.8, 4) is 0 Å². The Kier molecular flexibility index (Phi) is 16.6. The van der Waals surface area contributed by atoms with Crippen LogP contribution >= 0.6 is 11.3 Å². The molecule has 0 radical (unpaired) electrons. The molecule has 17 nitrogen and oxygen atoms in total. The van der Waals surface area contributed by atoms with Crippen LogP contribution in [-0.4, -0.2) is 96.1 Å². The summed E-state index contributed by atoms with van der Waals surface area (Å²) in [6.07, 6.45) is -2.85. The van der Waals surface area contributed by atoms with Gasteiger partial charge < -0.3 is 29.2 Å². The Balaban J connectivity index is 1.46. The van der Waals surface area contributed by atoms with Crippen LogP contribution < -0.4 is 10.0 Å². The Labute approximate surface area is 401 Å². The van der Waals surface area contributed by atoms with Crippen LogP contribution in [0.5, 0.6) is 0 Å². The maximum absolute atomic E-state index is 14.5. The van der Waals surface area contributed by atoms with Gasteiger partial charge in [0.1, 0.15) is 22.8 Å². The summed E-state index contributed by atoms with van der Waals surface area (Å²) in [6, 6.07) is 20.6. The summed E-state index contributed by atoms with van der Waals surface area (Å²) in [5.41, 5.74) is -1.28. The highest BCUT2D eigenvalue weighted by Gasteiger charge is 2.37. The molecule has 1 aromatic heterocycles. The van der Waals surface area contributed by atoms with E-state index in [1.165, 1.54) is 47.7 Å². The normalized spacial score (nSPS) is 13.6. The van der Waals surface area contributed by atoms with Crippen LogP contribution in [-0.2, 0) is 64.4 Å². The Bertz CT molecular complexity index is 2600. The molecule has 0 bridgehead atoms. The number of aliphatic imine (C=N–C) groups is 1. The number of carbonyl (C=O) groups is 6. The number of amidine groups is 1. The number of fused-ring (bicyclic) bond motifs is 1. The second-order valence-corrected chi connectivity index (χ2v) is 21.7. The molecule has 2 N–H and O–H groups in total. The van der Waals surface area contributed by atoms with Gasteiger partial charge in [0.2, 0.25) is 5.91 Å². The molecule has 19 heteroatoms. The summed E-state index contributed by atoms with van der Waals surface area (Å²) >= 11 is 1.50. The first kappa shape index (κ1) is 52.4. The van der Waals surface area contributed by atoms with Crippen molar-refractivity contribution in [3.05, 3.63) is 117 Å². The maximum Gasteiger partial charge on any atom is 0.436 e. The quantitative estimate of drug-likeness (QED) is 0.0592. The van der Waals surface area contributed by atoms with Crippen LogP contribution in [0.1, 0.15) is 106 Å². The molecule has 1 aliphatic rings. The second kappa shape index (κ2) is 21.6. The molecule has 364 valence electrons. The molecule has 1 atom stereocenters. The van der Waals surface area contributed by atoms with E-state index in [2.05, 4.69) is 15.0 Å². The Morgan fingerprint density at radius 3 is 1.91 bits per heavy atom. The van der Waals surface area contributed by atoms with E-state index in [4.69, 9.17) is 18.9 Å². The monoisotopic (exact) mass is 973 g/mol. The molecular formula is C49H59N5O12S2. The lowest BCUT2D eigenvalue weighted by Crippen LogP contribution is -2.50. The first-order chi connectivity index (χ1) is 31.7. The van der Waals surface area contributed by atoms with E-state index in [9.17, 15) is 37.2 Å². The summed E-state index contributed by atoms with van der Waals surface area (Å²) in [5.74, 6) is -1.89. The molecule has 0 aliphatic carbocycles. The number of imide groups is 1. The van der Waals surface area contributed by atoms with Gasteiger partial charge in [-0.05, 0) is 129 Å². The number of benzene rings is 3. The van der Waals surface area contributed by atoms with Crippen molar-refractivity contribution in [2.24, 2.45) is 4.99 Å². The fourth-order valence-electron chi connectivity index (χ4n) is 6.69. The van der Waals surface area contributed by atoms with E-state index in [-0.39, 0.29) is 59.6 Å². The summed E-state index contributed by atoms with van der Waals surface area (Å²) in [7, 11) is -3.88. The molecule has 3 aromatic carbocycles. The number of amides is 5. The highest BCUT2D eigenvalue weighted by Crippen LogP contribution is 2.30. The molecule has 0 unspecified atom stereocenters. The molecule has 1 aliphatic heterocycles. The predicted molar refractivity (Wildman–Crippen MR) is 256 cm³/mol. The number of rotatable bonds is 12. The number of nitrogens with one attached hydrogen (secondary N) is 2. The number of sulfonamides is 1. The number of anilines is 1. The summed E-state index contributed by atoms with van der Waals surface area (Å²) < 4.78 is 50.2. The average Bonchev–Trinajstić information content (AvgIpc) is 3.63. The van der Waals surface area contributed by atoms with Gasteiger partial charge in [0.25, 0.3) is 15.9 Å². The number of esters is 1. The van der Waals surface area contributed by atoms with Crippen molar-refractivity contribution in [1.29, 1.82) is 0 Å². The van der Waals surface area contributed by atoms with E-state index >= 15 is 0 Å². The van der Waals surface area contributed by atoms with Crippen molar-refractivity contribution >= 4 is 68.9 Å². The molecular weight excluding hydrogens is 915 g/mol. The number of ether oxygens (including phenoxy) is 4. The van der Waals surface area contributed by atoms with Gasteiger partial charge >= 0.3 is 24.2 Å². The third-order valence-corrected chi connectivity index (χ3v) is 12.2. The van der Waals surface area contributed by atoms with Gasteiger partial charge in [-0.3, -0.25) is 19.1 Å².